The highest BCUT2D eigenvalue weighted by Crippen LogP contribution is 2.23. The molecule has 0 saturated carbocycles. The number of alkyl halides is 1. The zero-order valence-electron chi connectivity index (χ0n) is 10.1. The van der Waals surface area contributed by atoms with Crippen molar-refractivity contribution in [3.8, 4) is 0 Å². The molecular weight excluding hydrogens is 228 g/mol. The zero-order chi connectivity index (χ0) is 12.1. The molecular formula is C16H17Cl. The van der Waals surface area contributed by atoms with Crippen LogP contribution in [0.1, 0.15) is 22.6 Å². The van der Waals surface area contributed by atoms with E-state index in [1.807, 2.05) is 6.07 Å². The van der Waals surface area contributed by atoms with Gasteiger partial charge in [-0.3, -0.25) is 0 Å². The predicted octanol–water partition coefficient (Wildman–Crippen LogP) is 4.56. The molecule has 0 N–H and O–H groups in total. The van der Waals surface area contributed by atoms with E-state index >= 15 is 0 Å². The van der Waals surface area contributed by atoms with Crippen molar-refractivity contribution in [3.05, 3.63) is 71.3 Å². The van der Waals surface area contributed by atoms with Gasteiger partial charge in [0, 0.05) is 11.8 Å². The van der Waals surface area contributed by atoms with Gasteiger partial charge in [-0.1, -0.05) is 54.6 Å². The second kappa shape index (κ2) is 5.88. The quantitative estimate of drug-likeness (QED) is 0.692. The van der Waals surface area contributed by atoms with E-state index in [0.717, 1.165) is 6.42 Å². The van der Waals surface area contributed by atoms with Crippen LogP contribution in [0.5, 0.6) is 0 Å². The van der Waals surface area contributed by atoms with Gasteiger partial charge in [0.2, 0.25) is 0 Å². The standard InChI is InChI=1S/C16H17Cl/c1-13-7-5-6-10-15(13)11-16(12-17)14-8-3-2-4-9-14/h2-10,16H,11-12H2,1H3. The zero-order valence-corrected chi connectivity index (χ0v) is 10.8. The first-order valence-electron chi connectivity index (χ1n) is 5.96. The molecule has 0 amide bonds. The Morgan fingerprint density at radius 3 is 2.24 bits per heavy atom. The Labute approximate surface area is 108 Å². The van der Waals surface area contributed by atoms with Gasteiger partial charge in [-0.25, -0.2) is 0 Å². The van der Waals surface area contributed by atoms with Crippen LogP contribution in [0.2, 0.25) is 0 Å². The monoisotopic (exact) mass is 244 g/mol. The third-order valence-corrected chi connectivity index (χ3v) is 3.56. The van der Waals surface area contributed by atoms with Gasteiger partial charge in [-0.05, 0) is 30.0 Å². The van der Waals surface area contributed by atoms with Crippen LogP contribution in [0.4, 0.5) is 0 Å². The summed E-state index contributed by atoms with van der Waals surface area (Å²) >= 11 is 6.10. The SMILES string of the molecule is Cc1ccccc1CC(CCl)c1ccccc1. The van der Waals surface area contributed by atoms with Crippen molar-refractivity contribution in [2.75, 3.05) is 5.88 Å². The smallest absolute Gasteiger partial charge is 0.0295 e. The van der Waals surface area contributed by atoms with E-state index < -0.39 is 0 Å². The fourth-order valence-electron chi connectivity index (χ4n) is 2.09. The highest BCUT2D eigenvalue weighted by atomic mass is 35.5. The molecule has 1 unspecified atom stereocenters. The maximum absolute atomic E-state index is 6.10. The minimum absolute atomic E-state index is 0.402. The van der Waals surface area contributed by atoms with E-state index in [1.54, 1.807) is 0 Å². The first-order chi connectivity index (χ1) is 8.31. The van der Waals surface area contributed by atoms with Gasteiger partial charge < -0.3 is 0 Å². The van der Waals surface area contributed by atoms with Crippen molar-refractivity contribution in [2.24, 2.45) is 0 Å². The van der Waals surface area contributed by atoms with Crippen molar-refractivity contribution in [3.63, 3.8) is 0 Å². The summed E-state index contributed by atoms with van der Waals surface area (Å²) in [5.74, 6) is 1.07. The van der Waals surface area contributed by atoms with Crippen LogP contribution >= 0.6 is 11.6 Å². The second-order valence-corrected chi connectivity index (χ2v) is 4.70. The average molecular weight is 245 g/mol. The molecule has 0 nitrogen and oxygen atoms in total. The third kappa shape index (κ3) is 3.10. The lowest BCUT2D eigenvalue weighted by molar-refractivity contribution is 0.762. The molecule has 0 aliphatic rings. The van der Waals surface area contributed by atoms with Crippen LogP contribution in [0.25, 0.3) is 0 Å². The fourth-order valence-corrected chi connectivity index (χ4v) is 2.38. The van der Waals surface area contributed by atoms with E-state index in [4.69, 9.17) is 11.6 Å². The summed E-state index contributed by atoms with van der Waals surface area (Å²) in [5, 5.41) is 0. The van der Waals surface area contributed by atoms with Crippen LogP contribution in [0, 0.1) is 6.92 Å². The summed E-state index contributed by atoms with van der Waals surface area (Å²) in [6, 6.07) is 19.0. The maximum atomic E-state index is 6.10. The Hall–Kier alpha value is -1.27. The molecule has 0 aromatic heterocycles. The van der Waals surface area contributed by atoms with Gasteiger partial charge >= 0.3 is 0 Å². The van der Waals surface area contributed by atoms with E-state index in [9.17, 15) is 0 Å². The molecule has 1 atom stereocenters. The third-order valence-electron chi connectivity index (χ3n) is 3.18. The number of benzene rings is 2. The highest BCUT2D eigenvalue weighted by Gasteiger charge is 2.11. The van der Waals surface area contributed by atoms with Crippen molar-refractivity contribution in [2.45, 2.75) is 19.3 Å². The van der Waals surface area contributed by atoms with Crippen LogP contribution in [-0.2, 0) is 6.42 Å². The minimum atomic E-state index is 0.402. The number of aryl methyl sites for hydroxylation is 1. The molecule has 0 heterocycles. The Morgan fingerprint density at radius 2 is 1.59 bits per heavy atom. The molecule has 2 aromatic carbocycles. The number of hydrogen-bond donors (Lipinski definition) is 0. The largest absolute Gasteiger partial charge is 0.126 e. The van der Waals surface area contributed by atoms with E-state index in [0.29, 0.717) is 11.8 Å². The molecule has 0 radical (unpaired) electrons. The lowest BCUT2D eigenvalue weighted by atomic mass is 9.92. The fraction of sp³-hybridized carbons (Fsp3) is 0.250. The van der Waals surface area contributed by atoms with Crippen LogP contribution in [0.3, 0.4) is 0 Å². The molecule has 88 valence electrons. The predicted molar refractivity (Wildman–Crippen MR) is 74.8 cm³/mol. The Balaban J connectivity index is 2.19. The number of hydrogen-bond acceptors (Lipinski definition) is 0. The molecule has 1 heteroatoms. The lowest BCUT2D eigenvalue weighted by Gasteiger charge is -2.15. The Morgan fingerprint density at radius 1 is 0.941 bits per heavy atom. The maximum Gasteiger partial charge on any atom is 0.0295 e. The van der Waals surface area contributed by atoms with Gasteiger partial charge in [0.05, 0.1) is 0 Å². The van der Waals surface area contributed by atoms with Crippen molar-refractivity contribution in [1.29, 1.82) is 0 Å². The van der Waals surface area contributed by atoms with Crippen LogP contribution < -0.4 is 0 Å². The summed E-state index contributed by atoms with van der Waals surface area (Å²) in [5.41, 5.74) is 4.06. The normalized spacial score (nSPS) is 12.4. The molecule has 0 spiro atoms. The lowest BCUT2D eigenvalue weighted by Crippen LogP contribution is -2.05. The molecule has 2 aromatic rings. The first-order valence-corrected chi connectivity index (χ1v) is 6.50. The summed E-state index contributed by atoms with van der Waals surface area (Å²) < 4.78 is 0. The Bertz CT molecular complexity index is 462. The summed E-state index contributed by atoms with van der Waals surface area (Å²) in [4.78, 5) is 0. The van der Waals surface area contributed by atoms with Crippen LogP contribution in [-0.4, -0.2) is 5.88 Å². The molecule has 0 aliphatic carbocycles. The molecule has 0 saturated heterocycles. The average Bonchev–Trinajstić information content (AvgIpc) is 2.39. The summed E-state index contributed by atoms with van der Waals surface area (Å²) in [6.07, 6.45) is 1.01. The second-order valence-electron chi connectivity index (χ2n) is 4.39. The number of halogens is 1. The van der Waals surface area contributed by atoms with Crippen molar-refractivity contribution < 1.29 is 0 Å². The van der Waals surface area contributed by atoms with Crippen LogP contribution in [0.15, 0.2) is 54.6 Å². The van der Waals surface area contributed by atoms with E-state index in [-0.39, 0.29) is 0 Å². The van der Waals surface area contributed by atoms with Gasteiger partial charge in [-0.2, -0.15) is 0 Å². The van der Waals surface area contributed by atoms with Crippen molar-refractivity contribution >= 4 is 11.6 Å². The van der Waals surface area contributed by atoms with Gasteiger partial charge in [0.25, 0.3) is 0 Å². The summed E-state index contributed by atoms with van der Waals surface area (Å²) in [6.45, 7) is 2.16. The topological polar surface area (TPSA) is 0 Å². The summed E-state index contributed by atoms with van der Waals surface area (Å²) in [7, 11) is 0. The molecule has 17 heavy (non-hydrogen) atoms. The van der Waals surface area contributed by atoms with Gasteiger partial charge in [0.1, 0.15) is 0 Å². The molecule has 0 bridgehead atoms. The van der Waals surface area contributed by atoms with E-state index in [1.165, 1.54) is 16.7 Å². The molecule has 2 rings (SSSR count). The number of rotatable bonds is 4. The van der Waals surface area contributed by atoms with Gasteiger partial charge in [0.15, 0.2) is 0 Å². The molecule has 0 fully saturated rings. The van der Waals surface area contributed by atoms with E-state index in [2.05, 4.69) is 55.5 Å². The van der Waals surface area contributed by atoms with Crippen molar-refractivity contribution in [1.82, 2.24) is 0 Å². The molecule has 0 aliphatic heterocycles. The Kier molecular flexibility index (Phi) is 4.22. The minimum Gasteiger partial charge on any atom is -0.126 e. The van der Waals surface area contributed by atoms with Gasteiger partial charge in [-0.15, -0.1) is 11.6 Å². The first kappa shape index (κ1) is 12.2. The highest BCUT2D eigenvalue weighted by molar-refractivity contribution is 6.18.